The van der Waals surface area contributed by atoms with Crippen LogP contribution < -0.4 is 0 Å². The fraction of sp³-hybridized carbons (Fsp3) is 0.167. The van der Waals surface area contributed by atoms with E-state index in [1.165, 1.54) is 5.56 Å². The highest BCUT2D eigenvalue weighted by Crippen LogP contribution is 2.26. The van der Waals surface area contributed by atoms with E-state index in [2.05, 4.69) is 38.2 Å². The van der Waals surface area contributed by atoms with E-state index in [0.717, 1.165) is 45.1 Å². The van der Waals surface area contributed by atoms with Gasteiger partial charge < -0.3 is 4.57 Å². The van der Waals surface area contributed by atoms with E-state index >= 15 is 0 Å². The Morgan fingerprint density at radius 1 is 0.962 bits per heavy atom. The van der Waals surface area contributed by atoms with Gasteiger partial charge in [0.25, 0.3) is 5.78 Å². The van der Waals surface area contributed by atoms with Gasteiger partial charge in [-0.1, -0.05) is 47.6 Å². The molecule has 0 atom stereocenters. The van der Waals surface area contributed by atoms with Gasteiger partial charge in [-0.25, -0.2) is 4.40 Å². The van der Waals surface area contributed by atoms with E-state index in [4.69, 9.17) is 16.7 Å². The van der Waals surface area contributed by atoms with Crippen LogP contribution in [-0.2, 0) is 12.3 Å². The molecule has 3 heterocycles. The van der Waals surface area contributed by atoms with Crippen molar-refractivity contribution in [2.75, 3.05) is 0 Å². The van der Waals surface area contributed by atoms with E-state index in [1.807, 2.05) is 40.9 Å². The summed E-state index contributed by atoms with van der Waals surface area (Å²) in [5.74, 6) is 2.41. The van der Waals surface area contributed by atoms with Crippen molar-refractivity contribution in [3.63, 3.8) is 0 Å². The molecule has 0 saturated heterocycles. The van der Waals surface area contributed by atoms with E-state index in [9.17, 15) is 0 Å². The summed E-state index contributed by atoms with van der Waals surface area (Å²) < 4.78 is 6.09. The molecule has 0 aliphatic carbocycles. The highest BCUT2D eigenvalue weighted by molar-refractivity contribution is 7.98. The largest absolute Gasteiger partial charge is 0.309 e. The summed E-state index contributed by atoms with van der Waals surface area (Å²) >= 11 is 7.56. The molecule has 0 N–H and O–H groups in total. The second kappa shape index (κ2) is 6.03. The number of aromatic nitrogens is 6. The SMILES string of the molecule is CCn1c2ccccc2n2c1nn1c(SCc3ccc(Cl)cc3)nnc12. The number of imidazole rings is 1. The Morgan fingerprint density at radius 2 is 1.73 bits per heavy atom. The second-order valence-corrected chi connectivity index (χ2v) is 7.36. The molecule has 0 aliphatic rings. The highest BCUT2D eigenvalue weighted by atomic mass is 35.5. The quantitative estimate of drug-likeness (QED) is 0.435. The first-order valence-corrected chi connectivity index (χ1v) is 9.71. The summed E-state index contributed by atoms with van der Waals surface area (Å²) in [6.45, 7) is 2.97. The van der Waals surface area contributed by atoms with Crippen LogP contribution in [0.15, 0.2) is 53.7 Å². The Bertz CT molecular complexity index is 1230. The van der Waals surface area contributed by atoms with Gasteiger partial charge in [0.1, 0.15) is 0 Å². The molecule has 3 aromatic heterocycles. The van der Waals surface area contributed by atoms with Gasteiger partial charge in [-0.05, 0) is 36.8 Å². The van der Waals surface area contributed by atoms with Gasteiger partial charge in [-0.3, -0.25) is 0 Å². The van der Waals surface area contributed by atoms with Gasteiger partial charge in [-0.2, -0.15) is 4.52 Å². The third kappa shape index (κ3) is 2.31. The monoisotopic (exact) mass is 382 g/mol. The summed E-state index contributed by atoms with van der Waals surface area (Å²) in [5, 5.41) is 15.0. The molecule has 0 unspecified atom stereocenters. The van der Waals surface area contributed by atoms with Gasteiger partial charge in [0.05, 0.1) is 11.0 Å². The lowest BCUT2D eigenvalue weighted by Crippen LogP contribution is -1.96. The number of nitrogens with zero attached hydrogens (tertiary/aromatic N) is 6. The molecule has 5 aromatic rings. The molecule has 8 heteroatoms. The molecule has 0 aliphatic heterocycles. The van der Waals surface area contributed by atoms with Crippen LogP contribution in [0.3, 0.4) is 0 Å². The number of aryl methyl sites for hydroxylation is 1. The number of hydrogen-bond acceptors (Lipinski definition) is 4. The molecular formula is C18H15ClN6S. The van der Waals surface area contributed by atoms with E-state index in [-0.39, 0.29) is 0 Å². The number of fused-ring (bicyclic) bond motifs is 5. The zero-order valence-electron chi connectivity index (χ0n) is 14.0. The van der Waals surface area contributed by atoms with Crippen LogP contribution in [0, 0.1) is 0 Å². The number of para-hydroxylation sites is 2. The smallest absolute Gasteiger partial charge is 0.260 e. The maximum Gasteiger partial charge on any atom is 0.260 e. The standard InChI is InChI=1S/C18H15ClN6S/c1-2-23-14-5-3-4-6-15(14)24-16-20-21-18(25(16)22-17(23)24)26-11-12-7-9-13(19)10-8-12/h3-10H,2,11H2,1H3. The van der Waals surface area contributed by atoms with Crippen LogP contribution >= 0.6 is 23.4 Å². The minimum Gasteiger partial charge on any atom is -0.309 e. The van der Waals surface area contributed by atoms with Gasteiger partial charge in [0.2, 0.25) is 10.9 Å². The van der Waals surface area contributed by atoms with Crippen molar-refractivity contribution in [3.05, 3.63) is 59.1 Å². The molecule has 6 nitrogen and oxygen atoms in total. The van der Waals surface area contributed by atoms with Gasteiger partial charge in [0.15, 0.2) is 0 Å². The second-order valence-electron chi connectivity index (χ2n) is 5.98. The van der Waals surface area contributed by atoms with Gasteiger partial charge >= 0.3 is 0 Å². The van der Waals surface area contributed by atoms with E-state index in [1.54, 1.807) is 11.8 Å². The molecule has 130 valence electrons. The third-order valence-electron chi connectivity index (χ3n) is 4.44. The summed E-state index contributed by atoms with van der Waals surface area (Å²) in [4.78, 5) is 0. The Morgan fingerprint density at radius 3 is 2.50 bits per heavy atom. The lowest BCUT2D eigenvalue weighted by atomic mass is 10.2. The summed E-state index contributed by atoms with van der Waals surface area (Å²) in [6, 6.07) is 16.1. The van der Waals surface area contributed by atoms with Crippen molar-refractivity contribution < 1.29 is 0 Å². The van der Waals surface area contributed by atoms with Crippen LogP contribution in [0.25, 0.3) is 22.6 Å². The van der Waals surface area contributed by atoms with Crippen molar-refractivity contribution in [1.29, 1.82) is 0 Å². The lowest BCUT2D eigenvalue weighted by molar-refractivity contribution is 0.773. The lowest BCUT2D eigenvalue weighted by Gasteiger charge is -2.00. The number of halogens is 1. The molecule has 0 fully saturated rings. The topological polar surface area (TPSA) is 52.4 Å². The molecule has 0 radical (unpaired) electrons. The molecule has 2 aromatic carbocycles. The van der Waals surface area contributed by atoms with Gasteiger partial charge in [0, 0.05) is 17.3 Å². The highest BCUT2D eigenvalue weighted by Gasteiger charge is 2.19. The number of benzene rings is 2. The average molecular weight is 383 g/mol. The summed E-state index contributed by atoms with van der Waals surface area (Å²) in [6.07, 6.45) is 0. The average Bonchev–Trinajstić information content (AvgIpc) is 3.30. The number of hydrogen-bond donors (Lipinski definition) is 0. The Labute approximate surface area is 158 Å². The van der Waals surface area contributed by atoms with Crippen molar-refractivity contribution in [3.8, 4) is 0 Å². The predicted octanol–water partition coefficient (Wildman–Crippen LogP) is 4.30. The predicted molar refractivity (Wildman–Crippen MR) is 104 cm³/mol. The Hall–Kier alpha value is -2.51. The molecule has 26 heavy (non-hydrogen) atoms. The van der Waals surface area contributed by atoms with Crippen LogP contribution in [-0.4, -0.2) is 28.8 Å². The van der Waals surface area contributed by atoms with Crippen LogP contribution in [0.2, 0.25) is 5.02 Å². The Balaban J connectivity index is 1.60. The first-order valence-electron chi connectivity index (χ1n) is 8.34. The molecule has 0 amide bonds. The van der Waals surface area contributed by atoms with Crippen molar-refractivity contribution in [2.45, 2.75) is 24.4 Å². The summed E-state index contributed by atoms with van der Waals surface area (Å²) in [7, 11) is 0. The molecule has 0 spiro atoms. The molecule has 0 bridgehead atoms. The minimum absolute atomic E-state index is 0.738. The van der Waals surface area contributed by atoms with Crippen molar-refractivity contribution >= 4 is 46.0 Å². The van der Waals surface area contributed by atoms with Crippen LogP contribution in [0.4, 0.5) is 0 Å². The number of thioether (sulfide) groups is 1. The fourth-order valence-corrected chi connectivity index (χ4v) is 4.18. The van der Waals surface area contributed by atoms with Crippen LogP contribution in [0.1, 0.15) is 12.5 Å². The summed E-state index contributed by atoms with van der Waals surface area (Å²) in [5.41, 5.74) is 3.43. The van der Waals surface area contributed by atoms with Crippen LogP contribution in [0.5, 0.6) is 0 Å². The molecular weight excluding hydrogens is 368 g/mol. The normalized spacial score (nSPS) is 11.9. The first kappa shape index (κ1) is 15.7. The maximum absolute atomic E-state index is 5.95. The minimum atomic E-state index is 0.738. The molecule has 0 saturated carbocycles. The van der Waals surface area contributed by atoms with Crippen molar-refractivity contribution in [1.82, 2.24) is 28.8 Å². The van der Waals surface area contributed by atoms with E-state index < -0.39 is 0 Å². The van der Waals surface area contributed by atoms with E-state index in [0.29, 0.717) is 0 Å². The molecule has 5 rings (SSSR count). The zero-order valence-corrected chi connectivity index (χ0v) is 15.6. The van der Waals surface area contributed by atoms with Gasteiger partial charge in [-0.15, -0.1) is 15.3 Å². The number of rotatable bonds is 4. The maximum atomic E-state index is 5.95. The zero-order chi connectivity index (χ0) is 17.7. The first-order chi connectivity index (χ1) is 12.8. The Kier molecular flexibility index (Phi) is 3.65. The fourth-order valence-electron chi connectivity index (χ4n) is 3.22. The van der Waals surface area contributed by atoms with Crippen molar-refractivity contribution in [2.24, 2.45) is 0 Å². The third-order valence-corrected chi connectivity index (χ3v) is 5.68.